The first-order chi connectivity index (χ1) is 8.86. The van der Waals surface area contributed by atoms with Crippen LogP contribution in [0, 0.1) is 5.92 Å². The predicted octanol–water partition coefficient (Wildman–Crippen LogP) is 0.997. The van der Waals surface area contributed by atoms with Crippen LogP contribution in [0.5, 0.6) is 0 Å². The zero-order valence-corrected chi connectivity index (χ0v) is 10.1. The van der Waals surface area contributed by atoms with Crippen LogP contribution in [0.1, 0.15) is 17.7 Å². The minimum atomic E-state index is 0.575. The Bertz CT molecular complexity index is 540. The van der Waals surface area contributed by atoms with Gasteiger partial charge >= 0.3 is 0 Å². The van der Waals surface area contributed by atoms with Crippen molar-refractivity contribution >= 4 is 0 Å². The molecule has 0 bridgehead atoms. The fraction of sp³-hybridized carbons (Fsp3) is 0.385. The highest BCUT2D eigenvalue weighted by Crippen LogP contribution is 2.24. The summed E-state index contributed by atoms with van der Waals surface area (Å²) >= 11 is 0. The summed E-state index contributed by atoms with van der Waals surface area (Å²) in [5.41, 5.74) is 8.87. The second-order valence-corrected chi connectivity index (χ2v) is 4.60. The highest BCUT2D eigenvalue weighted by atomic mass is 14.9. The standard InChI is InChI=1S/C13H15N5/c14-6-9-1-2-11-10(5-9)7-16-13(18-11)12-3-4-15-8-17-12/h3-4,7-9H,1-2,5-6,14H2. The number of aromatic nitrogens is 4. The SMILES string of the molecule is NCC1CCc2nc(-c3ccncn3)ncc2C1. The number of nitrogens with two attached hydrogens (primary N) is 1. The lowest BCUT2D eigenvalue weighted by atomic mass is 9.87. The Morgan fingerprint density at radius 1 is 1.33 bits per heavy atom. The zero-order valence-electron chi connectivity index (χ0n) is 10.1. The molecule has 18 heavy (non-hydrogen) atoms. The lowest BCUT2D eigenvalue weighted by molar-refractivity contribution is 0.462. The van der Waals surface area contributed by atoms with Gasteiger partial charge in [0.15, 0.2) is 5.82 Å². The summed E-state index contributed by atoms with van der Waals surface area (Å²) in [4.78, 5) is 17.1. The molecule has 0 aliphatic heterocycles. The fourth-order valence-corrected chi connectivity index (χ4v) is 2.33. The molecule has 0 radical (unpaired) electrons. The molecule has 0 spiro atoms. The Morgan fingerprint density at radius 3 is 3.06 bits per heavy atom. The predicted molar refractivity (Wildman–Crippen MR) is 67.6 cm³/mol. The van der Waals surface area contributed by atoms with Crippen LogP contribution in [-0.4, -0.2) is 26.5 Å². The van der Waals surface area contributed by atoms with E-state index in [2.05, 4.69) is 19.9 Å². The second-order valence-electron chi connectivity index (χ2n) is 4.60. The monoisotopic (exact) mass is 241 g/mol. The van der Waals surface area contributed by atoms with E-state index in [4.69, 9.17) is 5.73 Å². The maximum absolute atomic E-state index is 5.72. The van der Waals surface area contributed by atoms with Gasteiger partial charge in [-0.15, -0.1) is 0 Å². The lowest BCUT2D eigenvalue weighted by Gasteiger charge is -2.22. The Balaban J connectivity index is 1.93. The summed E-state index contributed by atoms with van der Waals surface area (Å²) in [6.45, 7) is 0.743. The molecule has 2 aromatic heterocycles. The van der Waals surface area contributed by atoms with E-state index < -0.39 is 0 Å². The molecule has 5 heteroatoms. The minimum Gasteiger partial charge on any atom is -0.330 e. The normalized spacial score (nSPS) is 18.4. The third-order valence-corrected chi connectivity index (χ3v) is 3.40. The molecule has 0 fully saturated rings. The van der Waals surface area contributed by atoms with Crippen molar-refractivity contribution in [3.8, 4) is 11.5 Å². The maximum atomic E-state index is 5.72. The molecular formula is C13H15N5. The van der Waals surface area contributed by atoms with Gasteiger partial charge in [0.1, 0.15) is 12.0 Å². The van der Waals surface area contributed by atoms with Crippen LogP contribution in [0.15, 0.2) is 24.8 Å². The summed E-state index contributed by atoms with van der Waals surface area (Å²) < 4.78 is 0. The van der Waals surface area contributed by atoms with Crippen molar-refractivity contribution in [1.29, 1.82) is 0 Å². The lowest BCUT2D eigenvalue weighted by Crippen LogP contribution is -2.23. The van der Waals surface area contributed by atoms with Gasteiger partial charge in [0.05, 0.1) is 0 Å². The van der Waals surface area contributed by atoms with Crippen LogP contribution >= 0.6 is 0 Å². The van der Waals surface area contributed by atoms with Crippen LogP contribution in [0.4, 0.5) is 0 Å². The smallest absolute Gasteiger partial charge is 0.178 e. The molecule has 1 atom stereocenters. The Hall–Kier alpha value is -1.88. The topological polar surface area (TPSA) is 77.6 Å². The average molecular weight is 241 g/mol. The molecule has 0 amide bonds. The van der Waals surface area contributed by atoms with Crippen molar-refractivity contribution in [3.05, 3.63) is 36.0 Å². The summed E-state index contributed by atoms with van der Waals surface area (Å²) in [5.74, 6) is 1.26. The van der Waals surface area contributed by atoms with E-state index in [0.717, 1.165) is 37.2 Å². The molecule has 0 aromatic carbocycles. The maximum Gasteiger partial charge on any atom is 0.178 e. The number of rotatable bonds is 2. The molecule has 2 aromatic rings. The first kappa shape index (κ1) is 11.2. The molecule has 3 rings (SSSR count). The fourth-order valence-electron chi connectivity index (χ4n) is 2.33. The van der Waals surface area contributed by atoms with E-state index >= 15 is 0 Å². The average Bonchev–Trinajstić information content (AvgIpc) is 2.47. The Kier molecular flexibility index (Phi) is 2.98. The first-order valence-corrected chi connectivity index (χ1v) is 6.18. The Labute approximate surface area is 106 Å². The number of nitrogens with zero attached hydrogens (tertiary/aromatic N) is 4. The van der Waals surface area contributed by atoms with Crippen molar-refractivity contribution < 1.29 is 0 Å². The van der Waals surface area contributed by atoms with Crippen LogP contribution in [0.25, 0.3) is 11.5 Å². The number of fused-ring (bicyclic) bond motifs is 1. The summed E-state index contributed by atoms with van der Waals surface area (Å²) in [6, 6.07) is 1.83. The van der Waals surface area contributed by atoms with Crippen LogP contribution in [0.2, 0.25) is 0 Å². The molecule has 1 unspecified atom stereocenters. The third kappa shape index (κ3) is 2.09. The first-order valence-electron chi connectivity index (χ1n) is 6.18. The number of hydrogen-bond acceptors (Lipinski definition) is 5. The third-order valence-electron chi connectivity index (χ3n) is 3.40. The van der Waals surface area contributed by atoms with Crippen LogP contribution in [-0.2, 0) is 12.8 Å². The zero-order chi connectivity index (χ0) is 12.4. The van der Waals surface area contributed by atoms with Crippen LogP contribution in [0.3, 0.4) is 0 Å². The highest BCUT2D eigenvalue weighted by molar-refractivity contribution is 5.48. The summed E-state index contributed by atoms with van der Waals surface area (Å²) in [7, 11) is 0. The molecule has 0 saturated heterocycles. The minimum absolute atomic E-state index is 0.575. The van der Waals surface area contributed by atoms with Gasteiger partial charge in [-0.2, -0.15) is 0 Å². The quantitative estimate of drug-likeness (QED) is 0.848. The highest BCUT2D eigenvalue weighted by Gasteiger charge is 2.19. The van der Waals surface area contributed by atoms with Crippen molar-refractivity contribution in [3.63, 3.8) is 0 Å². The van der Waals surface area contributed by atoms with Crippen molar-refractivity contribution in [2.45, 2.75) is 19.3 Å². The number of aryl methyl sites for hydroxylation is 1. The van der Waals surface area contributed by atoms with E-state index in [9.17, 15) is 0 Å². The molecule has 1 aliphatic carbocycles. The van der Waals surface area contributed by atoms with E-state index in [1.54, 1.807) is 6.20 Å². The second kappa shape index (κ2) is 4.78. The van der Waals surface area contributed by atoms with Crippen molar-refractivity contribution in [2.75, 3.05) is 6.54 Å². The van der Waals surface area contributed by atoms with E-state index in [1.807, 2.05) is 12.3 Å². The van der Waals surface area contributed by atoms with E-state index in [1.165, 1.54) is 11.9 Å². The largest absolute Gasteiger partial charge is 0.330 e. The van der Waals surface area contributed by atoms with Gasteiger partial charge in [-0.05, 0) is 43.4 Å². The molecule has 2 N–H and O–H groups in total. The van der Waals surface area contributed by atoms with E-state index in [-0.39, 0.29) is 0 Å². The van der Waals surface area contributed by atoms with Gasteiger partial charge < -0.3 is 5.73 Å². The van der Waals surface area contributed by atoms with Gasteiger partial charge in [0.2, 0.25) is 0 Å². The number of hydrogen-bond donors (Lipinski definition) is 1. The molecule has 2 heterocycles. The Morgan fingerprint density at radius 2 is 2.28 bits per heavy atom. The van der Waals surface area contributed by atoms with Crippen molar-refractivity contribution in [1.82, 2.24) is 19.9 Å². The van der Waals surface area contributed by atoms with Gasteiger partial charge in [-0.1, -0.05) is 0 Å². The van der Waals surface area contributed by atoms with Gasteiger partial charge in [-0.25, -0.2) is 19.9 Å². The molecule has 5 nitrogen and oxygen atoms in total. The molecule has 92 valence electrons. The molecule has 1 aliphatic rings. The summed E-state index contributed by atoms with van der Waals surface area (Å²) in [6.07, 6.45) is 8.23. The van der Waals surface area contributed by atoms with Gasteiger partial charge in [-0.3, -0.25) is 0 Å². The molecular weight excluding hydrogens is 226 g/mol. The van der Waals surface area contributed by atoms with E-state index in [0.29, 0.717) is 11.7 Å². The van der Waals surface area contributed by atoms with Gasteiger partial charge in [0.25, 0.3) is 0 Å². The van der Waals surface area contributed by atoms with Gasteiger partial charge in [0, 0.05) is 18.1 Å². The molecule has 0 saturated carbocycles. The summed E-state index contributed by atoms with van der Waals surface area (Å²) in [5, 5.41) is 0. The van der Waals surface area contributed by atoms with Crippen LogP contribution < -0.4 is 5.73 Å². The van der Waals surface area contributed by atoms with Crippen molar-refractivity contribution in [2.24, 2.45) is 11.7 Å².